The minimum atomic E-state index is 0.198. The highest BCUT2D eigenvalue weighted by atomic mass is 16.1. The number of nitrogen functional groups attached to an aromatic ring is 1. The van der Waals surface area contributed by atoms with Crippen molar-refractivity contribution in [3.63, 3.8) is 0 Å². The number of hydrogen-bond donors (Lipinski definition) is 1. The van der Waals surface area contributed by atoms with Gasteiger partial charge in [0, 0.05) is 12.0 Å². The fourth-order valence-electron chi connectivity index (χ4n) is 1.51. The molecule has 1 aliphatic carbocycles. The molecule has 62 valence electrons. The fraction of sp³-hybridized carbons (Fsp3) is 0.333. The summed E-state index contributed by atoms with van der Waals surface area (Å²) in [5.74, 6) is 0.701. The number of pyridine rings is 1. The summed E-state index contributed by atoms with van der Waals surface area (Å²) < 4.78 is 0. The van der Waals surface area contributed by atoms with Crippen molar-refractivity contribution in [1.82, 2.24) is 4.98 Å². The van der Waals surface area contributed by atoms with E-state index in [9.17, 15) is 4.79 Å². The van der Waals surface area contributed by atoms with E-state index in [1.54, 1.807) is 12.1 Å². The average Bonchev–Trinajstić information content (AvgIpc) is 2.04. The van der Waals surface area contributed by atoms with Crippen molar-refractivity contribution in [2.75, 3.05) is 5.73 Å². The lowest BCUT2D eigenvalue weighted by Gasteiger charge is -2.12. The van der Waals surface area contributed by atoms with Crippen LogP contribution in [0, 0.1) is 0 Å². The van der Waals surface area contributed by atoms with Crippen molar-refractivity contribution in [2.45, 2.75) is 19.3 Å². The van der Waals surface area contributed by atoms with Gasteiger partial charge in [0.15, 0.2) is 5.78 Å². The molecule has 0 radical (unpaired) electrons. The second kappa shape index (κ2) is 2.59. The van der Waals surface area contributed by atoms with Crippen LogP contribution >= 0.6 is 0 Å². The van der Waals surface area contributed by atoms with Gasteiger partial charge in [0.25, 0.3) is 0 Å². The van der Waals surface area contributed by atoms with E-state index in [-0.39, 0.29) is 5.78 Å². The van der Waals surface area contributed by atoms with Gasteiger partial charge in [-0.3, -0.25) is 4.79 Å². The zero-order chi connectivity index (χ0) is 8.55. The zero-order valence-electron chi connectivity index (χ0n) is 6.71. The largest absolute Gasteiger partial charge is 0.384 e. The second-order valence-corrected chi connectivity index (χ2v) is 3.01. The minimum Gasteiger partial charge on any atom is -0.384 e. The number of ketones is 1. The zero-order valence-corrected chi connectivity index (χ0v) is 6.71. The lowest BCUT2D eigenvalue weighted by molar-refractivity contribution is 0.0971. The summed E-state index contributed by atoms with van der Waals surface area (Å²) in [6, 6.07) is 3.46. The van der Waals surface area contributed by atoms with Gasteiger partial charge in [-0.15, -0.1) is 0 Å². The third-order valence-electron chi connectivity index (χ3n) is 2.11. The number of nitrogens with zero attached hydrogens (tertiary/aromatic N) is 1. The number of nitrogens with two attached hydrogens (primary N) is 1. The Balaban J connectivity index is 2.53. The summed E-state index contributed by atoms with van der Waals surface area (Å²) in [4.78, 5) is 15.4. The molecule has 0 bridgehead atoms. The summed E-state index contributed by atoms with van der Waals surface area (Å²) in [7, 11) is 0. The topological polar surface area (TPSA) is 56.0 Å². The maximum atomic E-state index is 11.3. The molecule has 0 spiro atoms. The molecule has 0 amide bonds. The average molecular weight is 162 g/mol. The standard InChI is InChI=1S/C9H10N2O/c10-9-5-4-6-7(11-9)2-1-3-8(6)12/h4-5H,1-3H2,(H2,10,11). The molecule has 0 saturated carbocycles. The van der Waals surface area contributed by atoms with E-state index in [0.717, 1.165) is 24.1 Å². The molecule has 3 heteroatoms. The summed E-state index contributed by atoms with van der Waals surface area (Å²) in [6.07, 6.45) is 2.44. The third-order valence-corrected chi connectivity index (χ3v) is 2.11. The maximum Gasteiger partial charge on any atom is 0.164 e. The minimum absolute atomic E-state index is 0.198. The number of fused-ring (bicyclic) bond motifs is 1. The maximum absolute atomic E-state index is 11.3. The van der Waals surface area contributed by atoms with Gasteiger partial charge in [0.05, 0.1) is 5.69 Å². The van der Waals surface area contributed by atoms with Gasteiger partial charge in [-0.2, -0.15) is 0 Å². The van der Waals surface area contributed by atoms with Crippen LogP contribution < -0.4 is 5.73 Å². The van der Waals surface area contributed by atoms with Crippen LogP contribution in [0.4, 0.5) is 5.82 Å². The molecule has 12 heavy (non-hydrogen) atoms. The molecule has 2 N–H and O–H groups in total. The monoisotopic (exact) mass is 162 g/mol. The summed E-state index contributed by atoms with van der Waals surface area (Å²) in [6.45, 7) is 0. The molecule has 1 heterocycles. The first-order valence-electron chi connectivity index (χ1n) is 4.06. The van der Waals surface area contributed by atoms with Crippen molar-refractivity contribution in [3.8, 4) is 0 Å². The van der Waals surface area contributed by atoms with Crippen LogP contribution in [0.1, 0.15) is 28.9 Å². The Labute approximate surface area is 70.6 Å². The van der Waals surface area contributed by atoms with Crippen LogP contribution in [0.2, 0.25) is 0 Å². The van der Waals surface area contributed by atoms with Crippen molar-refractivity contribution in [1.29, 1.82) is 0 Å². The number of aromatic nitrogens is 1. The van der Waals surface area contributed by atoms with Gasteiger partial charge in [-0.25, -0.2) is 4.98 Å². The van der Waals surface area contributed by atoms with E-state index in [4.69, 9.17) is 5.73 Å². The number of carbonyl (C=O) groups excluding carboxylic acids is 1. The lowest BCUT2D eigenvalue weighted by atomic mass is 9.95. The number of rotatable bonds is 0. The Morgan fingerprint density at radius 3 is 3.00 bits per heavy atom. The van der Waals surface area contributed by atoms with Crippen molar-refractivity contribution < 1.29 is 4.79 Å². The van der Waals surface area contributed by atoms with Crippen LogP contribution in [0.15, 0.2) is 12.1 Å². The highest BCUT2D eigenvalue weighted by Gasteiger charge is 2.17. The van der Waals surface area contributed by atoms with Gasteiger partial charge >= 0.3 is 0 Å². The van der Waals surface area contributed by atoms with Gasteiger partial charge < -0.3 is 5.73 Å². The molecule has 3 nitrogen and oxygen atoms in total. The van der Waals surface area contributed by atoms with Crippen molar-refractivity contribution in [2.24, 2.45) is 0 Å². The molecule has 2 rings (SSSR count). The Morgan fingerprint density at radius 2 is 2.17 bits per heavy atom. The van der Waals surface area contributed by atoms with Crippen molar-refractivity contribution >= 4 is 11.6 Å². The number of aryl methyl sites for hydroxylation is 1. The molecule has 0 atom stereocenters. The first kappa shape index (κ1) is 7.28. The molecule has 1 aliphatic rings. The normalized spacial score (nSPS) is 15.8. The van der Waals surface area contributed by atoms with E-state index in [1.165, 1.54) is 0 Å². The SMILES string of the molecule is Nc1ccc2c(n1)CCCC2=O. The van der Waals surface area contributed by atoms with E-state index in [2.05, 4.69) is 4.98 Å². The van der Waals surface area contributed by atoms with E-state index in [1.807, 2.05) is 0 Å². The summed E-state index contributed by atoms with van der Waals surface area (Å²) >= 11 is 0. The molecule has 0 fully saturated rings. The number of anilines is 1. The first-order valence-corrected chi connectivity index (χ1v) is 4.06. The highest BCUT2D eigenvalue weighted by Crippen LogP contribution is 2.19. The fourth-order valence-corrected chi connectivity index (χ4v) is 1.51. The summed E-state index contributed by atoms with van der Waals surface area (Å²) in [5.41, 5.74) is 7.13. The lowest BCUT2D eigenvalue weighted by Crippen LogP contribution is -2.13. The number of hydrogen-bond acceptors (Lipinski definition) is 3. The van der Waals surface area contributed by atoms with Crippen LogP contribution in [0.25, 0.3) is 0 Å². The molecule has 0 aromatic carbocycles. The Hall–Kier alpha value is -1.38. The third kappa shape index (κ3) is 1.07. The molecule has 0 unspecified atom stereocenters. The predicted molar refractivity (Wildman–Crippen MR) is 45.9 cm³/mol. The van der Waals surface area contributed by atoms with Crippen molar-refractivity contribution in [3.05, 3.63) is 23.4 Å². The Bertz CT molecular complexity index is 333. The molecule has 0 aliphatic heterocycles. The van der Waals surface area contributed by atoms with E-state index < -0.39 is 0 Å². The molecular weight excluding hydrogens is 152 g/mol. The Morgan fingerprint density at radius 1 is 1.33 bits per heavy atom. The Kier molecular flexibility index (Phi) is 1.57. The quantitative estimate of drug-likeness (QED) is 0.623. The van der Waals surface area contributed by atoms with Crippen LogP contribution in [-0.2, 0) is 6.42 Å². The predicted octanol–water partition coefficient (Wildman–Crippen LogP) is 1.18. The molecule has 1 aromatic rings. The van der Waals surface area contributed by atoms with Crippen LogP contribution in [-0.4, -0.2) is 10.8 Å². The smallest absolute Gasteiger partial charge is 0.164 e. The van der Waals surface area contributed by atoms with Gasteiger partial charge in [-0.05, 0) is 25.0 Å². The second-order valence-electron chi connectivity index (χ2n) is 3.01. The van der Waals surface area contributed by atoms with Gasteiger partial charge in [0.1, 0.15) is 5.82 Å². The first-order chi connectivity index (χ1) is 5.77. The van der Waals surface area contributed by atoms with E-state index in [0.29, 0.717) is 12.2 Å². The molecule has 0 saturated heterocycles. The van der Waals surface area contributed by atoms with Crippen LogP contribution in [0.3, 0.4) is 0 Å². The number of Topliss-reactive ketones (excluding diaryl/α,β-unsaturated/α-hetero) is 1. The van der Waals surface area contributed by atoms with E-state index >= 15 is 0 Å². The van der Waals surface area contributed by atoms with Gasteiger partial charge in [-0.1, -0.05) is 0 Å². The number of carbonyl (C=O) groups is 1. The van der Waals surface area contributed by atoms with Crippen LogP contribution in [0.5, 0.6) is 0 Å². The summed E-state index contributed by atoms with van der Waals surface area (Å²) in [5, 5.41) is 0. The van der Waals surface area contributed by atoms with Gasteiger partial charge in [0.2, 0.25) is 0 Å². The molecule has 1 aromatic heterocycles. The molecular formula is C9H10N2O. The highest BCUT2D eigenvalue weighted by molar-refractivity contribution is 5.98.